The second-order valence-electron chi connectivity index (χ2n) is 8.05. The van der Waals surface area contributed by atoms with Crippen LogP contribution in [0.3, 0.4) is 0 Å². The highest BCUT2D eigenvalue weighted by Crippen LogP contribution is 2.28. The molecule has 1 N–H and O–H groups in total. The molecule has 0 saturated heterocycles. The van der Waals surface area contributed by atoms with Crippen LogP contribution in [0.4, 0.5) is 0 Å². The van der Waals surface area contributed by atoms with E-state index in [2.05, 4.69) is 4.90 Å². The number of methoxy groups -OCH3 is 2. The van der Waals surface area contributed by atoms with Gasteiger partial charge in [-0.25, -0.2) is 0 Å². The molecule has 0 aliphatic rings. The molecule has 0 heterocycles. The first-order valence-electron chi connectivity index (χ1n) is 11.0. The fourth-order valence-corrected chi connectivity index (χ4v) is 3.87. The molecule has 3 aromatic rings. The quantitative estimate of drug-likeness (QED) is 0.397. The summed E-state index contributed by atoms with van der Waals surface area (Å²) in [6.07, 6.45) is 0.148. The van der Waals surface area contributed by atoms with Crippen LogP contribution in [0.25, 0.3) is 0 Å². The fraction of sp³-hybridized carbons (Fsp3) is 0.333. The number of benzene rings is 3. The number of halogens is 1. The first-order chi connectivity index (χ1) is 16.0. The van der Waals surface area contributed by atoms with E-state index < -0.39 is 6.10 Å². The molecule has 1 atom stereocenters. The van der Waals surface area contributed by atoms with Crippen molar-refractivity contribution in [1.29, 1.82) is 0 Å². The van der Waals surface area contributed by atoms with Gasteiger partial charge >= 0.3 is 0 Å². The maximum atomic E-state index is 10.7. The molecule has 0 aliphatic carbocycles. The van der Waals surface area contributed by atoms with Crippen molar-refractivity contribution in [1.82, 2.24) is 4.90 Å². The number of ether oxygens (including phenoxy) is 3. The number of hydrogen-bond acceptors (Lipinski definition) is 5. The lowest BCUT2D eigenvalue weighted by Gasteiger charge is -2.26. The van der Waals surface area contributed by atoms with Crippen LogP contribution in [-0.2, 0) is 13.0 Å². The highest BCUT2D eigenvalue weighted by molar-refractivity contribution is 6.31. The van der Waals surface area contributed by atoms with Crippen molar-refractivity contribution in [3.63, 3.8) is 0 Å². The molecule has 3 rings (SSSR count). The maximum Gasteiger partial charge on any atom is 0.160 e. The number of rotatable bonds is 12. The summed E-state index contributed by atoms with van der Waals surface area (Å²) < 4.78 is 16.6. The summed E-state index contributed by atoms with van der Waals surface area (Å²) >= 11 is 6.41. The third kappa shape index (κ3) is 7.67. The van der Waals surface area contributed by atoms with Gasteiger partial charge in [0.15, 0.2) is 11.5 Å². The average molecular weight is 470 g/mol. The molecule has 0 aromatic heterocycles. The smallest absolute Gasteiger partial charge is 0.160 e. The predicted molar refractivity (Wildman–Crippen MR) is 133 cm³/mol. The summed E-state index contributed by atoms with van der Waals surface area (Å²) in [6.45, 7) is 4.07. The molecule has 0 aliphatic heterocycles. The van der Waals surface area contributed by atoms with Gasteiger partial charge in [0, 0.05) is 24.7 Å². The van der Waals surface area contributed by atoms with Crippen molar-refractivity contribution < 1.29 is 19.3 Å². The van der Waals surface area contributed by atoms with Crippen molar-refractivity contribution in [2.24, 2.45) is 0 Å². The third-order valence-corrected chi connectivity index (χ3v) is 5.79. The Balaban J connectivity index is 1.66. The van der Waals surface area contributed by atoms with E-state index in [1.165, 1.54) is 0 Å². The van der Waals surface area contributed by atoms with Crippen LogP contribution in [0.5, 0.6) is 17.2 Å². The first-order valence-corrected chi connectivity index (χ1v) is 11.4. The Bertz CT molecular complexity index is 1030. The average Bonchev–Trinajstić information content (AvgIpc) is 2.82. The monoisotopic (exact) mass is 469 g/mol. The molecular formula is C27H32ClNO4. The van der Waals surface area contributed by atoms with Crippen molar-refractivity contribution in [3.05, 3.63) is 88.4 Å². The molecule has 0 saturated carbocycles. The number of hydrogen-bond donors (Lipinski definition) is 1. The van der Waals surface area contributed by atoms with E-state index in [1.54, 1.807) is 14.2 Å². The van der Waals surface area contributed by atoms with E-state index in [-0.39, 0.29) is 6.61 Å². The van der Waals surface area contributed by atoms with E-state index in [9.17, 15) is 5.11 Å². The number of aliphatic hydroxyl groups is 1. The van der Waals surface area contributed by atoms with Crippen molar-refractivity contribution in [2.75, 3.05) is 33.9 Å². The molecule has 0 spiro atoms. The highest BCUT2D eigenvalue weighted by atomic mass is 35.5. The van der Waals surface area contributed by atoms with Crippen LogP contribution < -0.4 is 14.2 Å². The van der Waals surface area contributed by atoms with Crippen molar-refractivity contribution in [2.45, 2.75) is 26.0 Å². The molecule has 1 unspecified atom stereocenters. The van der Waals surface area contributed by atoms with E-state index in [4.69, 9.17) is 25.8 Å². The zero-order valence-corrected chi connectivity index (χ0v) is 20.2. The Morgan fingerprint density at radius 2 is 1.73 bits per heavy atom. The summed E-state index contributed by atoms with van der Waals surface area (Å²) in [6, 6.07) is 21.6. The Morgan fingerprint density at radius 1 is 0.939 bits per heavy atom. The van der Waals surface area contributed by atoms with E-state index in [0.29, 0.717) is 24.6 Å². The molecule has 0 radical (unpaired) electrons. The fourth-order valence-electron chi connectivity index (χ4n) is 3.67. The maximum absolute atomic E-state index is 10.7. The zero-order chi connectivity index (χ0) is 23.6. The number of nitrogens with zero attached hydrogens (tertiary/aromatic N) is 1. The van der Waals surface area contributed by atoms with Crippen LogP contribution >= 0.6 is 11.6 Å². The van der Waals surface area contributed by atoms with E-state index >= 15 is 0 Å². The molecule has 5 nitrogen and oxygen atoms in total. The lowest BCUT2D eigenvalue weighted by atomic mass is 10.1. The van der Waals surface area contributed by atoms with Gasteiger partial charge in [-0.2, -0.15) is 0 Å². The van der Waals surface area contributed by atoms with Crippen molar-refractivity contribution >= 4 is 11.6 Å². The second kappa shape index (κ2) is 12.5. The van der Waals surface area contributed by atoms with Gasteiger partial charge in [0.2, 0.25) is 0 Å². The van der Waals surface area contributed by atoms with Gasteiger partial charge < -0.3 is 19.3 Å². The van der Waals surface area contributed by atoms with E-state index in [0.717, 1.165) is 40.4 Å². The van der Waals surface area contributed by atoms with Gasteiger partial charge in [-0.3, -0.25) is 4.90 Å². The Labute approximate surface area is 201 Å². The van der Waals surface area contributed by atoms with Crippen LogP contribution in [0.15, 0.2) is 66.7 Å². The zero-order valence-electron chi connectivity index (χ0n) is 19.5. The third-order valence-electron chi connectivity index (χ3n) is 5.42. The topological polar surface area (TPSA) is 51.2 Å². The standard InChI is InChI=1S/C27H32ClNO4/c1-20-7-6-9-24(15-20)33-19-23(30)18-29(17-22-8-4-5-10-25(22)28)14-13-21-11-12-26(31-2)27(16-21)32-3/h4-12,15-16,23,30H,13-14,17-19H2,1-3H3. The lowest BCUT2D eigenvalue weighted by molar-refractivity contribution is 0.0659. The molecule has 176 valence electrons. The molecule has 33 heavy (non-hydrogen) atoms. The van der Waals surface area contributed by atoms with Gasteiger partial charge in [0.05, 0.1) is 14.2 Å². The van der Waals surface area contributed by atoms with Crippen LogP contribution in [-0.4, -0.2) is 50.0 Å². The van der Waals surface area contributed by atoms with E-state index in [1.807, 2.05) is 73.7 Å². The first kappa shape index (κ1) is 24.9. The summed E-state index contributed by atoms with van der Waals surface area (Å²) in [7, 11) is 3.26. The normalized spacial score (nSPS) is 11.9. The molecule has 0 bridgehead atoms. The summed E-state index contributed by atoms with van der Waals surface area (Å²) in [5.41, 5.74) is 3.28. The highest BCUT2D eigenvalue weighted by Gasteiger charge is 2.15. The number of aliphatic hydroxyl groups excluding tert-OH is 1. The largest absolute Gasteiger partial charge is 0.493 e. The van der Waals surface area contributed by atoms with Crippen LogP contribution in [0.1, 0.15) is 16.7 Å². The van der Waals surface area contributed by atoms with Gasteiger partial charge in [-0.05, 0) is 60.4 Å². The van der Waals surface area contributed by atoms with Gasteiger partial charge in [-0.1, -0.05) is 48.0 Å². The Hall–Kier alpha value is -2.73. The summed E-state index contributed by atoms with van der Waals surface area (Å²) in [5, 5.41) is 11.4. The lowest BCUT2D eigenvalue weighted by Crippen LogP contribution is -2.36. The molecule has 6 heteroatoms. The summed E-state index contributed by atoms with van der Waals surface area (Å²) in [4.78, 5) is 2.20. The molecule has 0 amide bonds. The number of aryl methyl sites for hydroxylation is 1. The molecule has 3 aromatic carbocycles. The minimum atomic E-state index is -0.640. The second-order valence-corrected chi connectivity index (χ2v) is 8.45. The minimum absolute atomic E-state index is 0.221. The SMILES string of the molecule is COc1ccc(CCN(Cc2ccccc2Cl)CC(O)COc2cccc(C)c2)cc1OC. The van der Waals surface area contributed by atoms with Crippen LogP contribution in [0.2, 0.25) is 5.02 Å². The minimum Gasteiger partial charge on any atom is -0.493 e. The van der Waals surface area contributed by atoms with Gasteiger partial charge in [0.1, 0.15) is 18.5 Å². The Morgan fingerprint density at radius 3 is 2.45 bits per heavy atom. The predicted octanol–water partition coefficient (Wildman–Crippen LogP) is 5.15. The molecular weight excluding hydrogens is 438 g/mol. The van der Waals surface area contributed by atoms with Crippen molar-refractivity contribution in [3.8, 4) is 17.2 Å². The molecule has 0 fully saturated rings. The van der Waals surface area contributed by atoms with Crippen LogP contribution in [0, 0.1) is 6.92 Å². The Kier molecular flexibility index (Phi) is 9.43. The summed E-state index contributed by atoms with van der Waals surface area (Å²) in [5.74, 6) is 2.18. The van der Waals surface area contributed by atoms with Gasteiger partial charge in [0.25, 0.3) is 0 Å². The van der Waals surface area contributed by atoms with Gasteiger partial charge in [-0.15, -0.1) is 0 Å².